The van der Waals surface area contributed by atoms with E-state index in [9.17, 15) is 0 Å². The van der Waals surface area contributed by atoms with E-state index in [2.05, 4.69) is 35.0 Å². The zero-order chi connectivity index (χ0) is 18.9. The Kier molecular flexibility index (Phi) is 8.41. The second-order valence-corrected chi connectivity index (χ2v) is 7.06. The van der Waals surface area contributed by atoms with Crippen LogP contribution in [0.3, 0.4) is 0 Å². The molecule has 0 spiro atoms. The average Bonchev–Trinajstić information content (AvgIpc) is 2.65. The van der Waals surface area contributed by atoms with Crippen molar-refractivity contribution in [1.29, 1.82) is 0 Å². The van der Waals surface area contributed by atoms with Crippen LogP contribution in [-0.2, 0) is 11.3 Å². The van der Waals surface area contributed by atoms with Gasteiger partial charge < -0.3 is 24.4 Å². The van der Waals surface area contributed by atoms with Crippen molar-refractivity contribution in [3.05, 3.63) is 23.8 Å². The number of morpholine rings is 1. The highest BCUT2D eigenvalue weighted by atomic mass is 32.1. The summed E-state index contributed by atoms with van der Waals surface area (Å²) >= 11 is 5.64. The summed E-state index contributed by atoms with van der Waals surface area (Å²) in [5.74, 6) is 1.47. The molecular weight excluding hydrogens is 350 g/mol. The van der Waals surface area contributed by atoms with Gasteiger partial charge in [0.05, 0.1) is 27.4 Å². The van der Waals surface area contributed by atoms with Gasteiger partial charge in [0, 0.05) is 38.8 Å². The fraction of sp³-hybridized carbons (Fsp3) is 0.632. The van der Waals surface area contributed by atoms with Gasteiger partial charge in [-0.2, -0.15) is 0 Å². The van der Waals surface area contributed by atoms with Gasteiger partial charge in [-0.3, -0.25) is 4.90 Å². The lowest BCUT2D eigenvalue weighted by Crippen LogP contribution is -2.47. The van der Waals surface area contributed by atoms with Gasteiger partial charge in [-0.15, -0.1) is 0 Å². The third kappa shape index (κ3) is 6.30. The molecule has 1 aliphatic rings. The van der Waals surface area contributed by atoms with Crippen LogP contribution in [0.5, 0.6) is 11.5 Å². The Balaban J connectivity index is 2.05. The number of benzene rings is 1. The van der Waals surface area contributed by atoms with Crippen LogP contribution in [0.2, 0.25) is 0 Å². The highest BCUT2D eigenvalue weighted by molar-refractivity contribution is 7.80. The van der Waals surface area contributed by atoms with Crippen LogP contribution in [0.1, 0.15) is 19.4 Å². The lowest BCUT2D eigenvalue weighted by atomic mass is 10.2. The van der Waals surface area contributed by atoms with Gasteiger partial charge in [-0.05, 0) is 43.8 Å². The zero-order valence-corrected chi connectivity index (χ0v) is 17.1. The van der Waals surface area contributed by atoms with Gasteiger partial charge in [0.2, 0.25) is 0 Å². The molecule has 146 valence electrons. The SMILES string of the molecule is COc1ccc(CN(CCN2CCOCC2)C(=S)NC(C)C)cc1OC. The van der Waals surface area contributed by atoms with E-state index >= 15 is 0 Å². The van der Waals surface area contributed by atoms with Crippen molar-refractivity contribution >= 4 is 17.3 Å². The lowest BCUT2D eigenvalue weighted by molar-refractivity contribution is 0.0357. The van der Waals surface area contributed by atoms with Crippen LogP contribution >= 0.6 is 12.2 Å². The molecule has 1 saturated heterocycles. The van der Waals surface area contributed by atoms with Crippen LogP contribution in [0.4, 0.5) is 0 Å². The fourth-order valence-electron chi connectivity index (χ4n) is 2.88. The van der Waals surface area contributed by atoms with E-state index in [-0.39, 0.29) is 0 Å². The van der Waals surface area contributed by atoms with Crippen LogP contribution in [0.15, 0.2) is 18.2 Å². The van der Waals surface area contributed by atoms with Crippen LogP contribution < -0.4 is 14.8 Å². The third-order valence-electron chi connectivity index (χ3n) is 4.31. The first kappa shape index (κ1) is 20.7. The molecule has 1 fully saturated rings. The molecule has 0 amide bonds. The number of hydrogen-bond donors (Lipinski definition) is 1. The molecule has 1 heterocycles. The standard InChI is InChI=1S/C19H31N3O3S/c1-15(2)20-19(26)22(8-7-21-9-11-25-12-10-21)14-16-5-6-17(23-3)18(13-16)24-4/h5-6,13,15H,7-12,14H2,1-4H3,(H,20,26). The van der Waals surface area contributed by atoms with Gasteiger partial charge >= 0.3 is 0 Å². The van der Waals surface area contributed by atoms with E-state index in [0.717, 1.165) is 68.1 Å². The molecule has 0 atom stereocenters. The minimum absolute atomic E-state index is 0.304. The number of methoxy groups -OCH3 is 2. The minimum atomic E-state index is 0.304. The van der Waals surface area contributed by atoms with Crippen molar-refractivity contribution < 1.29 is 14.2 Å². The van der Waals surface area contributed by atoms with Crippen molar-refractivity contribution in [2.24, 2.45) is 0 Å². The number of nitrogens with zero attached hydrogens (tertiary/aromatic N) is 2. The minimum Gasteiger partial charge on any atom is -0.493 e. The Morgan fingerprint density at radius 1 is 1.23 bits per heavy atom. The van der Waals surface area contributed by atoms with E-state index in [1.807, 2.05) is 12.1 Å². The van der Waals surface area contributed by atoms with Gasteiger partial charge in [0.25, 0.3) is 0 Å². The van der Waals surface area contributed by atoms with Crippen molar-refractivity contribution in [1.82, 2.24) is 15.1 Å². The Morgan fingerprint density at radius 3 is 2.54 bits per heavy atom. The molecule has 1 aromatic rings. The topological polar surface area (TPSA) is 46.2 Å². The first-order chi connectivity index (χ1) is 12.5. The summed E-state index contributed by atoms with van der Waals surface area (Å²) in [6.07, 6.45) is 0. The van der Waals surface area contributed by atoms with Crippen molar-refractivity contribution in [2.75, 3.05) is 53.6 Å². The number of ether oxygens (including phenoxy) is 3. The molecule has 7 heteroatoms. The summed E-state index contributed by atoms with van der Waals surface area (Å²) in [4.78, 5) is 4.63. The van der Waals surface area contributed by atoms with E-state index in [4.69, 9.17) is 26.4 Å². The first-order valence-corrected chi connectivity index (χ1v) is 9.50. The van der Waals surface area contributed by atoms with Gasteiger partial charge in [0.15, 0.2) is 16.6 Å². The molecule has 6 nitrogen and oxygen atoms in total. The Hall–Kier alpha value is -1.57. The van der Waals surface area contributed by atoms with Crippen LogP contribution in [0.25, 0.3) is 0 Å². The molecule has 26 heavy (non-hydrogen) atoms. The smallest absolute Gasteiger partial charge is 0.169 e. The molecule has 0 saturated carbocycles. The van der Waals surface area contributed by atoms with E-state index < -0.39 is 0 Å². The lowest BCUT2D eigenvalue weighted by Gasteiger charge is -2.32. The summed E-state index contributed by atoms with van der Waals surface area (Å²) in [6.45, 7) is 10.3. The number of thiocarbonyl (C=S) groups is 1. The molecule has 0 aromatic heterocycles. The van der Waals surface area contributed by atoms with Crippen molar-refractivity contribution in [2.45, 2.75) is 26.4 Å². The molecule has 0 unspecified atom stereocenters. The summed E-state index contributed by atoms with van der Waals surface area (Å²) in [6, 6.07) is 6.31. The second kappa shape index (κ2) is 10.5. The molecular formula is C19H31N3O3S. The summed E-state index contributed by atoms with van der Waals surface area (Å²) in [5, 5.41) is 4.14. The normalized spacial score (nSPS) is 15.0. The van der Waals surface area contributed by atoms with Crippen LogP contribution in [0, 0.1) is 0 Å². The van der Waals surface area contributed by atoms with Crippen LogP contribution in [-0.4, -0.2) is 74.6 Å². The van der Waals surface area contributed by atoms with Gasteiger partial charge in [-0.25, -0.2) is 0 Å². The molecule has 0 radical (unpaired) electrons. The highest BCUT2D eigenvalue weighted by Gasteiger charge is 2.16. The van der Waals surface area contributed by atoms with Gasteiger partial charge in [-0.1, -0.05) is 6.07 Å². The van der Waals surface area contributed by atoms with Gasteiger partial charge in [0.1, 0.15) is 0 Å². The maximum atomic E-state index is 5.64. The van der Waals surface area contributed by atoms with Crippen molar-refractivity contribution in [3.8, 4) is 11.5 Å². The molecule has 0 aliphatic carbocycles. The maximum absolute atomic E-state index is 5.64. The van der Waals surface area contributed by atoms with Crippen molar-refractivity contribution in [3.63, 3.8) is 0 Å². The zero-order valence-electron chi connectivity index (χ0n) is 16.3. The molecule has 1 aromatic carbocycles. The molecule has 0 bridgehead atoms. The quantitative estimate of drug-likeness (QED) is 0.692. The highest BCUT2D eigenvalue weighted by Crippen LogP contribution is 2.28. The maximum Gasteiger partial charge on any atom is 0.169 e. The Labute approximate surface area is 162 Å². The monoisotopic (exact) mass is 381 g/mol. The number of rotatable bonds is 8. The van der Waals surface area contributed by atoms with E-state index in [1.165, 1.54) is 0 Å². The molecule has 1 N–H and O–H groups in total. The largest absolute Gasteiger partial charge is 0.493 e. The predicted octanol–water partition coefficient (Wildman–Crippen LogP) is 2.12. The number of nitrogens with one attached hydrogen (secondary N) is 1. The Bertz CT molecular complexity index is 577. The first-order valence-electron chi connectivity index (χ1n) is 9.10. The fourth-order valence-corrected chi connectivity index (χ4v) is 3.27. The average molecular weight is 382 g/mol. The predicted molar refractivity (Wildman–Crippen MR) is 108 cm³/mol. The second-order valence-electron chi connectivity index (χ2n) is 6.67. The molecule has 2 rings (SSSR count). The Morgan fingerprint density at radius 2 is 1.92 bits per heavy atom. The summed E-state index contributed by atoms with van der Waals surface area (Å²) in [5.41, 5.74) is 1.14. The third-order valence-corrected chi connectivity index (χ3v) is 4.69. The van der Waals surface area contributed by atoms with E-state index in [0.29, 0.717) is 6.04 Å². The summed E-state index contributed by atoms with van der Waals surface area (Å²) in [7, 11) is 3.30. The summed E-state index contributed by atoms with van der Waals surface area (Å²) < 4.78 is 16.2. The molecule has 1 aliphatic heterocycles. The number of hydrogen-bond acceptors (Lipinski definition) is 5. The van der Waals surface area contributed by atoms with E-state index in [1.54, 1.807) is 14.2 Å².